The molecule has 4 N–H and O–H groups in total. The Balaban J connectivity index is 2.53. The van der Waals surface area contributed by atoms with Crippen LogP contribution in [-0.4, -0.2) is 18.4 Å². The predicted octanol–water partition coefficient (Wildman–Crippen LogP) is 3.15. The highest BCUT2D eigenvalue weighted by Crippen LogP contribution is 2.26. The van der Waals surface area contributed by atoms with Gasteiger partial charge in [0.2, 0.25) is 11.8 Å². The summed E-state index contributed by atoms with van der Waals surface area (Å²) in [6.07, 6.45) is 4.30. The molecule has 1 rings (SSSR count). The van der Waals surface area contributed by atoms with E-state index in [9.17, 15) is 9.59 Å². The van der Waals surface area contributed by atoms with E-state index in [1.165, 1.54) is 6.92 Å². The van der Waals surface area contributed by atoms with Crippen molar-refractivity contribution >= 4 is 34.8 Å². The van der Waals surface area contributed by atoms with E-state index in [1.54, 1.807) is 18.2 Å². The second-order valence-corrected chi connectivity index (χ2v) is 5.31. The second-order valence-electron chi connectivity index (χ2n) is 4.87. The molecule has 0 heterocycles. The summed E-state index contributed by atoms with van der Waals surface area (Å²) in [5.74, 6) is -0.286. The Morgan fingerprint density at radius 1 is 1.10 bits per heavy atom. The summed E-state index contributed by atoms with van der Waals surface area (Å²) in [6, 6.07) is 4.96. The van der Waals surface area contributed by atoms with Gasteiger partial charge in [-0.15, -0.1) is 0 Å². The quantitative estimate of drug-likeness (QED) is 0.645. The molecule has 0 saturated carbocycles. The molecule has 2 amide bonds. The number of amides is 2. The van der Waals surface area contributed by atoms with Crippen LogP contribution in [0.4, 0.5) is 11.4 Å². The lowest BCUT2D eigenvalue weighted by atomic mass is 10.1. The normalized spacial score (nSPS) is 10.2. The molecule has 5 nitrogen and oxygen atoms in total. The first-order valence-electron chi connectivity index (χ1n) is 7.10. The van der Waals surface area contributed by atoms with Crippen molar-refractivity contribution in [2.75, 3.05) is 17.2 Å². The highest BCUT2D eigenvalue weighted by molar-refractivity contribution is 6.31. The van der Waals surface area contributed by atoms with Crippen LogP contribution in [0.5, 0.6) is 0 Å². The Hall–Kier alpha value is -1.59. The van der Waals surface area contributed by atoms with Crippen LogP contribution in [0.1, 0.15) is 39.0 Å². The van der Waals surface area contributed by atoms with Crippen LogP contribution in [0.15, 0.2) is 18.2 Å². The van der Waals surface area contributed by atoms with Gasteiger partial charge in [0.15, 0.2) is 0 Å². The molecule has 116 valence electrons. The van der Waals surface area contributed by atoms with Gasteiger partial charge in [0.1, 0.15) is 0 Å². The number of carbonyl (C=O) groups is 2. The van der Waals surface area contributed by atoms with Gasteiger partial charge < -0.3 is 16.4 Å². The monoisotopic (exact) mass is 311 g/mol. The number of carbonyl (C=O) groups excluding carboxylic acids is 2. The molecule has 0 atom stereocenters. The third-order valence-electron chi connectivity index (χ3n) is 2.92. The van der Waals surface area contributed by atoms with Gasteiger partial charge in [0, 0.05) is 18.4 Å². The van der Waals surface area contributed by atoms with Crippen LogP contribution < -0.4 is 16.4 Å². The van der Waals surface area contributed by atoms with E-state index in [2.05, 4.69) is 10.6 Å². The van der Waals surface area contributed by atoms with Crippen molar-refractivity contribution in [3.8, 4) is 0 Å². The van der Waals surface area contributed by atoms with E-state index >= 15 is 0 Å². The van der Waals surface area contributed by atoms with Gasteiger partial charge in [-0.05, 0) is 37.6 Å². The van der Waals surface area contributed by atoms with E-state index in [-0.39, 0.29) is 11.8 Å². The van der Waals surface area contributed by atoms with Crippen molar-refractivity contribution < 1.29 is 9.59 Å². The van der Waals surface area contributed by atoms with Gasteiger partial charge in [-0.3, -0.25) is 9.59 Å². The number of benzene rings is 1. The SMILES string of the molecule is CC(=O)Nc1cc(Cl)ccc1NC(=O)CCCCCCN. The first-order chi connectivity index (χ1) is 10.0. The summed E-state index contributed by atoms with van der Waals surface area (Å²) in [4.78, 5) is 23.0. The van der Waals surface area contributed by atoms with Crippen molar-refractivity contribution in [2.45, 2.75) is 39.0 Å². The minimum Gasteiger partial charge on any atom is -0.330 e. The van der Waals surface area contributed by atoms with Crippen molar-refractivity contribution in [1.29, 1.82) is 0 Å². The predicted molar refractivity (Wildman–Crippen MR) is 86.5 cm³/mol. The molecule has 6 heteroatoms. The van der Waals surface area contributed by atoms with Crippen molar-refractivity contribution in [2.24, 2.45) is 5.73 Å². The molecule has 0 saturated heterocycles. The number of hydrogen-bond acceptors (Lipinski definition) is 3. The zero-order valence-corrected chi connectivity index (χ0v) is 13.0. The van der Waals surface area contributed by atoms with Crippen LogP contribution in [0.25, 0.3) is 0 Å². The van der Waals surface area contributed by atoms with E-state index in [4.69, 9.17) is 17.3 Å². The highest BCUT2D eigenvalue weighted by atomic mass is 35.5. The van der Waals surface area contributed by atoms with Gasteiger partial charge in [-0.2, -0.15) is 0 Å². The topological polar surface area (TPSA) is 84.2 Å². The number of halogens is 1. The molecule has 0 aliphatic carbocycles. The molecular weight excluding hydrogens is 290 g/mol. The molecule has 0 aliphatic rings. The summed E-state index contributed by atoms with van der Waals surface area (Å²) in [5, 5.41) is 5.95. The Bertz CT molecular complexity index is 492. The summed E-state index contributed by atoms with van der Waals surface area (Å²) in [5.41, 5.74) is 6.48. The largest absolute Gasteiger partial charge is 0.330 e. The molecule has 0 unspecified atom stereocenters. The first-order valence-corrected chi connectivity index (χ1v) is 7.48. The van der Waals surface area contributed by atoms with E-state index in [0.29, 0.717) is 29.4 Å². The average molecular weight is 312 g/mol. The fourth-order valence-electron chi connectivity index (χ4n) is 1.91. The van der Waals surface area contributed by atoms with Crippen LogP contribution in [0, 0.1) is 0 Å². The lowest BCUT2D eigenvalue weighted by molar-refractivity contribution is -0.116. The number of anilines is 2. The van der Waals surface area contributed by atoms with Gasteiger partial charge in [0.25, 0.3) is 0 Å². The first kappa shape index (κ1) is 17.5. The Morgan fingerprint density at radius 3 is 2.48 bits per heavy atom. The Labute approximate surface area is 130 Å². The van der Waals surface area contributed by atoms with E-state index < -0.39 is 0 Å². The molecule has 21 heavy (non-hydrogen) atoms. The van der Waals surface area contributed by atoms with E-state index in [0.717, 1.165) is 25.7 Å². The fourth-order valence-corrected chi connectivity index (χ4v) is 2.09. The standard InChI is InChI=1S/C15H22ClN3O2/c1-11(20)18-14-10-12(16)7-8-13(14)19-15(21)6-4-2-3-5-9-17/h7-8,10H,2-6,9,17H2,1H3,(H,18,20)(H,19,21). The van der Waals surface area contributed by atoms with Gasteiger partial charge in [0.05, 0.1) is 11.4 Å². The maximum absolute atomic E-state index is 11.9. The number of unbranched alkanes of at least 4 members (excludes halogenated alkanes) is 3. The Kier molecular flexibility index (Phi) is 7.79. The minimum absolute atomic E-state index is 0.0725. The Morgan fingerprint density at radius 2 is 1.81 bits per heavy atom. The lowest BCUT2D eigenvalue weighted by Crippen LogP contribution is -2.14. The van der Waals surface area contributed by atoms with Crippen LogP contribution in [0.2, 0.25) is 5.02 Å². The third kappa shape index (κ3) is 7.11. The summed E-state index contributed by atoms with van der Waals surface area (Å²) in [7, 11) is 0. The fraction of sp³-hybridized carbons (Fsp3) is 0.467. The van der Waals surface area contributed by atoms with Crippen molar-refractivity contribution in [3.05, 3.63) is 23.2 Å². The second kappa shape index (κ2) is 9.37. The lowest BCUT2D eigenvalue weighted by Gasteiger charge is -2.12. The summed E-state index contributed by atoms with van der Waals surface area (Å²) < 4.78 is 0. The van der Waals surface area contributed by atoms with Crippen molar-refractivity contribution in [1.82, 2.24) is 0 Å². The maximum Gasteiger partial charge on any atom is 0.224 e. The number of hydrogen-bond donors (Lipinski definition) is 3. The number of nitrogens with one attached hydrogen (secondary N) is 2. The molecule has 0 aliphatic heterocycles. The zero-order valence-electron chi connectivity index (χ0n) is 12.2. The van der Waals surface area contributed by atoms with Crippen LogP contribution >= 0.6 is 11.6 Å². The highest BCUT2D eigenvalue weighted by Gasteiger charge is 2.08. The van der Waals surface area contributed by atoms with Gasteiger partial charge in [-0.25, -0.2) is 0 Å². The summed E-state index contributed by atoms with van der Waals surface area (Å²) in [6.45, 7) is 2.10. The smallest absolute Gasteiger partial charge is 0.224 e. The number of rotatable bonds is 8. The molecule has 1 aromatic carbocycles. The third-order valence-corrected chi connectivity index (χ3v) is 3.16. The molecule has 0 spiro atoms. The molecule has 0 fully saturated rings. The van der Waals surface area contributed by atoms with Gasteiger partial charge >= 0.3 is 0 Å². The molecular formula is C15H22ClN3O2. The van der Waals surface area contributed by atoms with E-state index in [1.807, 2.05) is 0 Å². The van der Waals surface area contributed by atoms with Gasteiger partial charge in [-0.1, -0.05) is 24.4 Å². The van der Waals surface area contributed by atoms with Crippen LogP contribution in [0.3, 0.4) is 0 Å². The molecule has 0 radical (unpaired) electrons. The zero-order chi connectivity index (χ0) is 15.7. The minimum atomic E-state index is -0.213. The maximum atomic E-state index is 11.9. The molecule has 0 bridgehead atoms. The molecule has 1 aromatic rings. The average Bonchev–Trinajstić information content (AvgIpc) is 2.41. The van der Waals surface area contributed by atoms with Crippen LogP contribution in [-0.2, 0) is 9.59 Å². The van der Waals surface area contributed by atoms with Crippen molar-refractivity contribution in [3.63, 3.8) is 0 Å². The summed E-state index contributed by atoms with van der Waals surface area (Å²) >= 11 is 5.89. The molecule has 0 aromatic heterocycles. The number of nitrogens with two attached hydrogens (primary N) is 1.